The van der Waals surface area contributed by atoms with Gasteiger partial charge in [-0.3, -0.25) is 4.79 Å². The summed E-state index contributed by atoms with van der Waals surface area (Å²) >= 11 is 0. The fourth-order valence-electron chi connectivity index (χ4n) is 1.18. The average molecular weight is 226 g/mol. The Morgan fingerprint density at radius 3 is 2.69 bits per heavy atom. The van der Waals surface area contributed by atoms with Gasteiger partial charge in [0.25, 0.3) is 0 Å². The van der Waals surface area contributed by atoms with Gasteiger partial charge >= 0.3 is 5.97 Å². The van der Waals surface area contributed by atoms with Crippen LogP contribution >= 0.6 is 0 Å². The lowest BCUT2D eigenvalue weighted by Crippen LogP contribution is -1.92. The number of hydrogen-bond donors (Lipinski definition) is 1. The number of rotatable bonds is 10. The Bertz CT molecular complexity index is 275. The summed E-state index contributed by atoms with van der Waals surface area (Å²) in [7, 11) is 0. The van der Waals surface area contributed by atoms with Gasteiger partial charge in [0.1, 0.15) is 0 Å². The van der Waals surface area contributed by atoms with Crippen molar-refractivity contribution in [2.45, 2.75) is 58.2 Å². The van der Waals surface area contributed by atoms with Crippen molar-refractivity contribution in [1.29, 1.82) is 0 Å². The van der Waals surface area contributed by atoms with Crippen molar-refractivity contribution in [2.24, 2.45) is 0 Å². The summed E-state index contributed by atoms with van der Waals surface area (Å²) in [6.07, 6.45) is 11.2. The number of carbonyl (C=O) groups is 1. The monoisotopic (exact) mass is 226 g/mol. The summed E-state index contributed by atoms with van der Waals surface area (Å²) in [5.41, 5.74) is 0. The smallest absolute Gasteiger partial charge is 0.303 e. The van der Waals surface area contributed by atoms with E-state index in [1.165, 1.54) is 0 Å². The summed E-state index contributed by atoms with van der Waals surface area (Å²) in [5, 5.41) is 8.44. The highest BCUT2D eigenvalue weighted by atomic mass is 16.4. The highest BCUT2D eigenvalue weighted by Gasteiger charge is 1.92. The molecule has 0 aliphatic heterocycles. The van der Waals surface area contributed by atoms with Crippen molar-refractivity contribution >= 4 is 5.97 Å². The van der Waals surface area contributed by atoms with Gasteiger partial charge in [0.05, 0.1) is 0 Å². The van der Waals surface area contributed by atoms with Crippen molar-refractivity contribution in [3.05, 3.63) is 24.3 Å². The molecule has 92 valence electrons. The fraction of sp³-hybridized carbons (Fsp3) is 0.643. The molecule has 0 heterocycles. The fourth-order valence-corrected chi connectivity index (χ4v) is 1.18. The van der Waals surface area contributed by atoms with Gasteiger partial charge in [-0.15, -0.1) is 0 Å². The molecule has 0 saturated heterocycles. The van der Waals surface area contributed by atoms with Crippen LogP contribution < -0.4 is 0 Å². The lowest BCUT2D eigenvalue weighted by atomic mass is 10.2. The summed E-state index contributed by atoms with van der Waals surface area (Å²) in [6.45, 7) is 1.97. The molecule has 2 heteroatoms. The van der Waals surface area contributed by atoms with Crippen molar-refractivity contribution in [1.82, 2.24) is 0 Å². The van der Waals surface area contributed by atoms with E-state index in [1.54, 1.807) is 0 Å². The number of unbranched alkanes of at least 4 members (excludes halogenated alkanes) is 1. The molecule has 0 aliphatic carbocycles. The van der Waals surface area contributed by atoms with Gasteiger partial charge in [0.2, 0.25) is 0 Å². The molecule has 0 radical (unpaired) electrons. The van der Waals surface area contributed by atoms with Crippen LogP contribution in [0.15, 0.2) is 24.3 Å². The highest BCUT2D eigenvalue weighted by molar-refractivity contribution is 5.66. The zero-order chi connectivity index (χ0) is 13.8. The molecule has 0 aromatic heterocycles. The van der Waals surface area contributed by atoms with Gasteiger partial charge in [0.15, 0.2) is 0 Å². The van der Waals surface area contributed by atoms with Crippen molar-refractivity contribution in [2.75, 3.05) is 0 Å². The van der Waals surface area contributed by atoms with E-state index in [0.717, 1.165) is 19.3 Å². The predicted octanol–water partition coefficient (Wildman–Crippen LogP) is 4.32. The Balaban J connectivity index is 3.57. The van der Waals surface area contributed by atoms with E-state index in [1.807, 2.05) is 31.2 Å². The quantitative estimate of drug-likeness (QED) is 0.445. The summed E-state index contributed by atoms with van der Waals surface area (Å²) in [5.74, 6) is -0.749. The van der Waals surface area contributed by atoms with Crippen LogP contribution in [-0.4, -0.2) is 11.1 Å². The van der Waals surface area contributed by atoms with Crippen LogP contribution in [0.5, 0.6) is 0 Å². The van der Waals surface area contributed by atoms with Crippen molar-refractivity contribution in [3.8, 4) is 0 Å². The number of carboxylic acids is 1. The molecule has 16 heavy (non-hydrogen) atoms. The normalized spacial score (nSPS) is 17.3. The molecule has 2 nitrogen and oxygen atoms in total. The van der Waals surface area contributed by atoms with Crippen molar-refractivity contribution < 1.29 is 12.6 Å². The number of hydrogen-bond acceptors (Lipinski definition) is 1. The Hall–Kier alpha value is -1.05. The minimum Gasteiger partial charge on any atom is -0.481 e. The predicted molar refractivity (Wildman–Crippen MR) is 68.5 cm³/mol. The van der Waals surface area contributed by atoms with Gasteiger partial charge in [-0.1, -0.05) is 44.0 Å². The van der Waals surface area contributed by atoms with Gasteiger partial charge in [-0.2, -0.15) is 0 Å². The molecule has 2 atom stereocenters. The van der Waals surface area contributed by atoms with Gasteiger partial charge in [0, 0.05) is 9.16 Å². The zero-order valence-corrected chi connectivity index (χ0v) is 10.1. The molecular weight excluding hydrogens is 200 g/mol. The minimum atomic E-state index is -0.749. The second-order valence-electron chi connectivity index (χ2n) is 3.59. The van der Waals surface area contributed by atoms with Crippen LogP contribution in [0.25, 0.3) is 0 Å². The Morgan fingerprint density at radius 2 is 2.00 bits per heavy atom. The molecular formula is C14H24O2. The molecule has 1 N–H and O–H groups in total. The SMILES string of the molecule is [2H]C(/C=C\C/C=C\CCCC(=O)O)CC([2H])CC. The van der Waals surface area contributed by atoms with Crippen LogP contribution in [0.1, 0.15) is 61.0 Å². The van der Waals surface area contributed by atoms with E-state index in [2.05, 4.69) is 0 Å². The Labute approximate surface area is 102 Å². The summed E-state index contributed by atoms with van der Waals surface area (Å²) in [4.78, 5) is 10.3. The molecule has 0 rings (SSSR count). The minimum absolute atomic E-state index is 0.135. The van der Waals surface area contributed by atoms with Crippen LogP contribution in [0.4, 0.5) is 0 Å². The van der Waals surface area contributed by atoms with Crippen molar-refractivity contribution in [3.63, 3.8) is 0 Å². The molecule has 0 aliphatic rings. The first-order chi connectivity index (χ1) is 8.56. The van der Waals surface area contributed by atoms with Gasteiger partial charge in [-0.05, 0) is 32.1 Å². The molecule has 0 fully saturated rings. The maximum atomic E-state index is 10.3. The largest absolute Gasteiger partial charge is 0.481 e. The number of allylic oxidation sites excluding steroid dienone is 4. The van der Waals surface area contributed by atoms with Gasteiger partial charge < -0.3 is 5.11 Å². The lowest BCUT2D eigenvalue weighted by molar-refractivity contribution is -0.137. The summed E-state index contributed by atoms with van der Waals surface area (Å²) in [6, 6.07) is 0. The number of aliphatic carboxylic acids is 1. The second kappa shape index (κ2) is 12.0. The van der Waals surface area contributed by atoms with E-state index >= 15 is 0 Å². The van der Waals surface area contributed by atoms with Crippen LogP contribution in [0.2, 0.25) is 0 Å². The summed E-state index contributed by atoms with van der Waals surface area (Å²) < 4.78 is 15.3. The van der Waals surface area contributed by atoms with Crippen LogP contribution in [0, 0.1) is 0 Å². The Morgan fingerprint density at radius 1 is 1.25 bits per heavy atom. The third-order valence-electron chi connectivity index (χ3n) is 2.06. The standard InChI is InChI=1S/C14H24O2/c1-2-3-4-5-6-7-8-9-10-11-12-13-14(15)16/h6-7,9-10H,2-5,8,11-13H2,1H3,(H,15,16)/b7-6-,10-9-/i3D,5D. The second-order valence-corrected chi connectivity index (χ2v) is 3.59. The van der Waals surface area contributed by atoms with E-state index in [-0.39, 0.29) is 19.2 Å². The van der Waals surface area contributed by atoms with Gasteiger partial charge in [-0.25, -0.2) is 0 Å². The number of carboxylic acid groups (broad SMARTS) is 1. The molecule has 0 bridgehead atoms. The third kappa shape index (κ3) is 12.9. The maximum Gasteiger partial charge on any atom is 0.303 e. The molecule has 0 aromatic carbocycles. The third-order valence-corrected chi connectivity index (χ3v) is 2.06. The Kier molecular flexibility index (Phi) is 8.59. The highest BCUT2D eigenvalue weighted by Crippen LogP contribution is 2.01. The topological polar surface area (TPSA) is 37.3 Å². The van der Waals surface area contributed by atoms with E-state index in [4.69, 9.17) is 7.85 Å². The molecule has 0 spiro atoms. The molecule has 0 amide bonds. The zero-order valence-electron chi connectivity index (χ0n) is 12.1. The lowest BCUT2D eigenvalue weighted by Gasteiger charge is -1.91. The first-order valence-electron chi connectivity index (χ1n) is 7.09. The first kappa shape index (κ1) is 11.4. The van der Waals surface area contributed by atoms with E-state index in [0.29, 0.717) is 12.8 Å². The van der Waals surface area contributed by atoms with Crippen LogP contribution in [0.3, 0.4) is 0 Å². The van der Waals surface area contributed by atoms with Crippen LogP contribution in [-0.2, 0) is 4.79 Å². The van der Waals surface area contributed by atoms with E-state index in [9.17, 15) is 4.79 Å². The van der Waals surface area contributed by atoms with E-state index < -0.39 is 5.97 Å². The maximum absolute atomic E-state index is 10.3. The average Bonchev–Trinajstić information content (AvgIpc) is 2.31. The molecule has 0 aromatic rings. The first-order valence-corrected chi connectivity index (χ1v) is 5.94. The molecule has 2 unspecified atom stereocenters. The molecule has 0 saturated carbocycles.